The highest BCUT2D eigenvalue weighted by Crippen LogP contribution is 2.31. The second kappa shape index (κ2) is 15.6. The lowest BCUT2D eigenvalue weighted by atomic mass is 9.94. The van der Waals surface area contributed by atoms with Crippen LogP contribution in [0.5, 0.6) is 0 Å². The van der Waals surface area contributed by atoms with Crippen molar-refractivity contribution in [3.8, 4) is 0 Å². The van der Waals surface area contributed by atoms with Crippen molar-refractivity contribution in [2.45, 2.75) is 62.0 Å². The number of carbonyl (C=O) groups excluding carboxylic acids is 2. The van der Waals surface area contributed by atoms with Crippen LogP contribution < -0.4 is 9.62 Å². The summed E-state index contributed by atoms with van der Waals surface area (Å²) >= 11 is 12.9. The van der Waals surface area contributed by atoms with Crippen LogP contribution in [0.2, 0.25) is 10.0 Å². The van der Waals surface area contributed by atoms with Gasteiger partial charge in [0.15, 0.2) is 0 Å². The number of anilines is 1. The first kappa shape index (κ1) is 33.5. The molecule has 1 unspecified atom stereocenters. The minimum absolute atomic E-state index is 0.0139. The van der Waals surface area contributed by atoms with Crippen molar-refractivity contribution in [3.05, 3.63) is 130 Å². The first-order valence-electron chi connectivity index (χ1n) is 15.4. The molecule has 5 rings (SSSR count). The fourth-order valence-corrected chi connectivity index (χ4v) is 7.77. The lowest BCUT2D eigenvalue weighted by Gasteiger charge is -2.35. The van der Waals surface area contributed by atoms with Crippen molar-refractivity contribution < 1.29 is 18.0 Å². The molecule has 0 aromatic heterocycles. The van der Waals surface area contributed by atoms with E-state index in [4.69, 9.17) is 23.2 Å². The fraction of sp³-hybridized carbons (Fsp3) is 0.278. The van der Waals surface area contributed by atoms with Crippen LogP contribution in [0.15, 0.2) is 114 Å². The minimum atomic E-state index is -4.23. The van der Waals surface area contributed by atoms with E-state index >= 15 is 0 Å². The van der Waals surface area contributed by atoms with Crippen LogP contribution >= 0.6 is 23.2 Å². The number of hydrogen-bond donors (Lipinski definition) is 1. The smallest absolute Gasteiger partial charge is 0.264 e. The minimum Gasteiger partial charge on any atom is -0.352 e. The zero-order valence-electron chi connectivity index (χ0n) is 25.4. The van der Waals surface area contributed by atoms with Crippen LogP contribution in [0.25, 0.3) is 0 Å². The number of carbonyl (C=O) groups is 2. The highest BCUT2D eigenvalue weighted by atomic mass is 35.5. The summed E-state index contributed by atoms with van der Waals surface area (Å²) in [5.41, 5.74) is 1.74. The van der Waals surface area contributed by atoms with Gasteiger partial charge in [0.1, 0.15) is 12.6 Å². The molecule has 2 amide bonds. The summed E-state index contributed by atoms with van der Waals surface area (Å²) < 4.78 is 29.2. The number of amides is 2. The molecule has 4 aromatic carbocycles. The monoisotopic (exact) mass is 677 g/mol. The summed E-state index contributed by atoms with van der Waals surface area (Å²) in [7, 11) is -4.23. The van der Waals surface area contributed by atoms with Gasteiger partial charge in [-0.15, -0.1) is 0 Å². The van der Waals surface area contributed by atoms with Crippen molar-refractivity contribution in [2.24, 2.45) is 0 Å². The van der Waals surface area contributed by atoms with Crippen LogP contribution in [0.4, 0.5) is 5.69 Å². The third-order valence-corrected chi connectivity index (χ3v) is 10.5. The van der Waals surface area contributed by atoms with Gasteiger partial charge >= 0.3 is 0 Å². The molecule has 1 atom stereocenters. The number of sulfonamides is 1. The van der Waals surface area contributed by atoms with Gasteiger partial charge in [-0.25, -0.2) is 8.42 Å². The molecule has 1 fully saturated rings. The molecule has 10 heteroatoms. The van der Waals surface area contributed by atoms with Crippen LogP contribution in [-0.4, -0.2) is 43.8 Å². The van der Waals surface area contributed by atoms with Crippen molar-refractivity contribution >= 4 is 50.7 Å². The number of rotatable bonds is 12. The molecule has 46 heavy (non-hydrogen) atoms. The van der Waals surface area contributed by atoms with Crippen molar-refractivity contribution in [1.29, 1.82) is 0 Å². The van der Waals surface area contributed by atoms with Crippen LogP contribution in [0, 0.1) is 0 Å². The first-order chi connectivity index (χ1) is 22.2. The van der Waals surface area contributed by atoms with Crippen molar-refractivity contribution in [1.82, 2.24) is 10.2 Å². The second-order valence-electron chi connectivity index (χ2n) is 11.5. The van der Waals surface area contributed by atoms with Crippen LogP contribution in [-0.2, 0) is 32.6 Å². The number of halogens is 2. The third-order valence-electron chi connectivity index (χ3n) is 8.20. The SMILES string of the molecule is O=C(NC1CCCCC1)C(Cc1ccccc1)N(Cc1cccc(Cl)c1)C(=O)CN(c1ccccc1Cl)S(=O)(=O)c1ccccc1. The molecule has 1 aliphatic rings. The van der Waals surface area contributed by atoms with Gasteiger partial charge in [0.2, 0.25) is 11.8 Å². The number of nitrogens with one attached hydrogen (secondary N) is 1. The van der Waals surface area contributed by atoms with E-state index in [1.54, 1.807) is 60.7 Å². The Labute approximate surface area is 281 Å². The Hall–Kier alpha value is -3.85. The summed E-state index contributed by atoms with van der Waals surface area (Å²) in [5.74, 6) is -0.833. The Kier molecular flexibility index (Phi) is 11.4. The van der Waals surface area contributed by atoms with Crippen LogP contribution in [0.3, 0.4) is 0 Å². The van der Waals surface area contributed by atoms with E-state index in [2.05, 4.69) is 5.32 Å². The van der Waals surface area contributed by atoms with Gasteiger partial charge in [-0.1, -0.05) is 115 Å². The number of nitrogens with zero attached hydrogens (tertiary/aromatic N) is 2. The molecule has 7 nitrogen and oxygen atoms in total. The average Bonchev–Trinajstić information content (AvgIpc) is 3.07. The Morgan fingerprint density at radius 2 is 1.41 bits per heavy atom. The molecule has 0 spiro atoms. The molecular weight excluding hydrogens is 641 g/mol. The van der Waals surface area contributed by atoms with E-state index in [0.717, 1.165) is 42.0 Å². The van der Waals surface area contributed by atoms with Gasteiger partial charge in [-0.2, -0.15) is 0 Å². The Bertz CT molecular complexity index is 1730. The highest BCUT2D eigenvalue weighted by molar-refractivity contribution is 7.92. The quantitative estimate of drug-likeness (QED) is 0.171. The van der Waals surface area contributed by atoms with E-state index in [-0.39, 0.29) is 40.5 Å². The normalized spacial score (nSPS) is 14.3. The van der Waals surface area contributed by atoms with E-state index in [1.165, 1.54) is 17.0 Å². The van der Waals surface area contributed by atoms with Gasteiger partial charge in [-0.05, 0) is 60.4 Å². The van der Waals surface area contributed by atoms with Gasteiger partial charge < -0.3 is 10.2 Å². The topological polar surface area (TPSA) is 86.8 Å². The maximum atomic E-state index is 14.6. The molecule has 240 valence electrons. The molecule has 1 saturated carbocycles. The zero-order valence-corrected chi connectivity index (χ0v) is 27.7. The van der Waals surface area contributed by atoms with E-state index in [9.17, 15) is 18.0 Å². The van der Waals surface area contributed by atoms with Gasteiger partial charge in [-0.3, -0.25) is 13.9 Å². The predicted molar refractivity (Wildman–Crippen MR) is 183 cm³/mol. The average molecular weight is 679 g/mol. The molecule has 0 bridgehead atoms. The van der Waals surface area contributed by atoms with Gasteiger partial charge in [0, 0.05) is 24.0 Å². The number of para-hydroxylation sites is 1. The highest BCUT2D eigenvalue weighted by Gasteiger charge is 2.36. The summed E-state index contributed by atoms with van der Waals surface area (Å²) in [4.78, 5) is 30.2. The number of benzene rings is 4. The summed E-state index contributed by atoms with van der Waals surface area (Å²) in [6, 6.07) is 30.1. The molecule has 0 heterocycles. The Morgan fingerprint density at radius 1 is 0.783 bits per heavy atom. The summed E-state index contributed by atoms with van der Waals surface area (Å²) in [6.45, 7) is -0.541. The molecule has 1 aliphatic carbocycles. The lowest BCUT2D eigenvalue weighted by molar-refractivity contribution is -0.140. The third kappa shape index (κ3) is 8.49. The predicted octanol–water partition coefficient (Wildman–Crippen LogP) is 7.28. The van der Waals surface area contributed by atoms with E-state index in [0.29, 0.717) is 10.6 Å². The molecular formula is C36H37Cl2N3O4S. The van der Waals surface area contributed by atoms with Crippen LogP contribution in [0.1, 0.15) is 43.2 Å². The zero-order chi connectivity index (χ0) is 32.5. The fourth-order valence-electron chi connectivity index (χ4n) is 5.82. The number of hydrogen-bond acceptors (Lipinski definition) is 4. The summed E-state index contributed by atoms with van der Waals surface area (Å²) in [5, 5.41) is 3.87. The molecule has 4 aromatic rings. The van der Waals surface area contributed by atoms with E-state index in [1.807, 2.05) is 36.4 Å². The molecule has 1 N–H and O–H groups in total. The maximum Gasteiger partial charge on any atom is 0.264 e. The van der Waals surface area contributed by atoms with Gasteiger partial charge in [0.05, 0.1) is 15.6 Å². The van der Waals surface area contributed by atoms with Crippen molar-refractivity contribution in [3.63, 3.8) is 0 Å². The Morgan fingerprint density at radius 3 is 2.09 bits per heavy atom. The van der Waals surface area contributed by atoms with Crippen molar-refractivity contribution in [2.75, 3.05) is 10.8 Å². The second-order valence-corrected chi connectivity index (χ2v) is 14.2. The van der Waals surface area contributed by atoms with E-state index < -0.39 is 28.5 Å². The first-order valence-corrected chi connectivity index (χ1v) is 17.6. The summed E-state index contributed by atoms with van der Waals surface area (Å²) in [6.07, 6.45) is 5.19. The maximum absolute atomic E-state index is 14.6. The lowest BCUT2D eigenvalue weighted by Crippen LogP contribution is -2.55. The van der Waals surface area contributed by atoms with Gasteiger partial charge in [0.25, 0.3) is 10.0 Å². The molecule has 0 radical (unpaired) electrons. The molecule has 0 saturated heterocycles. The standard InChI is InChI=1S/C36H37Cl2N3O4S/c37-29-16-12-15-28(23-29)25-40(34(24-27-13-4-1-5-14-27)36(43)39-30-17-6-2-7-18-30)35(42)26-41(33-22-11-10-21-32(33)38)46(44,45)31-19-8-3-9-20-31/h1,3-5,8-16,19-23,30,34H,2,6-7,17-18,24-26H2,(H,39,43). The Balaban J connectivity index is 1.56. The molecule has 0 aliphatic heterocycles. The largest absolute Gasteiger partial charge is 0.352 e.